The summed E-state index contributed by atoms with van der Waals surface area (Å²) in [5, 5.41) is 15.6. The van der Waals surface area contributed by atoms with Crippen LogP contribution in [0.25, 0.3) is 0 Å². The van der Waals surface area contributed by atoms with E-state index in [0.29, 0.717) is 18.1 Å². The summed E-state index contributed by atoms with van der Waals surface area (Å²) in [6.07, 6.45) is -0.456. The van der Waals surface area contributed by atoms with Crippen LogP contribution in [0.5, 0.6) is 0 Å². The first-order valence-corrected chi connectivity index (χ1v) is 9.69. The first-order valence-electron chi connectivity index (χ1n) is 9.69. The van der Waals surface area contributed by atoms with Gasteiger partial charge in [0.25, 0.3) is 0 Å². The molecule has 0 bridgehead atoms. The highest BCUT2D eigenvalue weighted by Crippen LogP contribution is 2.38. The standard InChI is InChI=1S/C20H20F3N3O4/c21-20(22,23)13-8-24-26(9-13)10-16(18(27)28)30-19(29)25-17-14-5-1-3-11(14)7-12-4-2-6-15(12)17/h7-9,16H,1-6,10H2,(H,25,29)(H,27,28)/t16-/m1/s1. The molecule has 10 heteroatoms. The minimum absolute atomic E-state index is 0.538. The Morgan fingerprint density at radius 1 is 1.17 bits per heavy atom. The van der Waals surface area contributed by atoms with Crippen molar-refractivity contribution in [3.8, 4) is 0 Å². The molecule has 1 aromatic carbocycles. The largest absolute Gasteiger partial charge is 0.478 e. The summed E-state index contributed by atoms with van der Waals surface area (Å²) in [7, 11) is 0. The Balaban J connectivity index is 1.49. The summed E-state index contributed by atoms with van der Waals surface area (Å²) >= 11 is 0. The van der Waals surface area contributed by atoms with Crippen LogP contribution in [0, 0.1) is 0 Å². The molecule has 0 radical (unpaired) electrons. The van der Waals surface area contributed by atoms with E-state index in [1.807, 2.05) is 0 Å². The van der Waals surface area contributed by atoms with Crippen LogP contribution in [0.15, 0.2) is 18.5 Å². The lowest BCUT2D eigenvalue weighted by atomic mass is 9.99. The molecule has 0 unspecified atom stereocenters. The summed E-state index contributed by atoms with van der Waals surface area (Å²) in [5.41, 5.74) is 4.19. The first kappa shape index (κ1) is 20.2. The van der Waals surface area contributed by atoms with E-state index in [2.05, 4.69) is 16.5 Å². The number of aryl methyl sites for hydroxylation is 2. The number of nitrogens with one attached hydrogen (secondary N) is 1. The van der Waals surface area contributed by atoms with Gasteiger partial charge in [0.2, 0.25) is 6.10 Å². The maximum absolute atomic E-state index is 12.7. The van der Waals surface area contributed by atoms with Crippen LogP contribution in [0.4, 0.5) is 23.7 Å². The van der Waals surface area contributed by atoms with Crippen LogP contribution in [0.1, 0.15) is 40.7 Å². The molecular formula is C20H20F3N3O4. The van der Waals surface area contributed by atoms with Crippen LogP contribution < -0.4 is 5.32 Å². The number of carbonyl (C=O) groups excluding carboxylic acids is 1. The molecule has 0 saturated heterocycles. The summed E-state index contributed by atoms with van der Waals surface area (Å²) in [5.74, 6) is -1.47. The Labute approximate surface area is 169 Å². The summed E-state index contributed by atoms with van der Waals surface area (Å²) in [6.45, 7) is -0.538. The Morgan fingerprint density at radius 3 is 2.33 bits per heavy atom. The fourth-order valence-electron chi connectivity index (χ4n) is 4.17. The number of rotatable bonds is 5. The van der Waals surface area contributed by atoms with Crippen molar-refractivity contribution in [1.29, 1.82) is 0 Å². The number of amides is 1. The normalized spacial score (nSPS) is 16.1. The first-order chi connectivity index (χ1) is 14.2. The molecule has 0 fully saturated rings. The van der Waals surface area contributed by atoms with Crippen LogP contribution in [0.3, 0.4) is 0 Å². The number of fused-ring (bicyclic) bond motifs is 2. The predicted octanol–water partition coefficient (Wildman–Crippen LogP) is 3.58. The van der Waals surface area contributed by atoms with Gasteiger partial charge in [-0.3, -0.25) is 10.00 Å². The van der Waals surface area contributed by atoms with Gasteiger partial charge >= 0.3 is 18.2 Å². The molecule has 1 amide bonds. The van der Waals surface area contributed by atoms with Gasteiger partial charge in [0.05, 0.1) is 24.0 Å². The minimum atomic E-state index is -4.59. The molecule has 4 rings (SSSR count). The van der Waals surface area contributed by atoms with Gasteiger partial charge in [0.15, 0.2) is 0 Å². The average molecular weight is 423 g/mol. The van der Waals surface area contributed by atoms with Gasteiger partial charge in [-0.05, 0) is 60.8 Å². The van der Waals surface area contributed by atoms with Crippen molar-refractivity contribution in [3.05, 3.63) is 46.3 Å². The highest BCUT2D eigenvalue weighted by Gasteiger charge is 2.33. The molecular weight excluding hydrogens is 403 g/mol. The van der Waals surface area contributed by atoms with E-state index in [9.17, 15) is 27.9 Å². The zero-order valence-corrected chi connectivity index (χ0v) is 16.0. The van der Waals surface area contributed by atoms with Crippen molar-refractivity contribution in [2.24, 2.45) is 0 Å². The Kier molecular flexibility index (Phi) is 5.17. The molecule has 0 aliphatic heterocycles. The van der Waals surface area contributed by atoms with Crippen LogP contribution in [-0.4, -0.2) is 33.1 Å². The number of nitrogens with zero attached hydrogens (tertiary/aromatic N) is 2. The van der Waals surface area contributed by atoms with Gasteiger partial charge in [-0.2, -0.15) is 18.3 Å². The average Bonchev–Trinajstić information content (AvgIpc) is 3.40. The molecule has 1 aromatic heterocycles. The van der Waals surface area contributed by atoms with E-state index in [1.54, 1.807) is 0 Å². The van der Waals surface area contributed by atoms with E-state index in [-0.39, 0.29) is 0 Å². The molecule has 0 spiro atoms. The molecule has 1 heterocycles. The van der Waals surface area contributed by atoms with Gasteiger partial charge in [0.1, 0.15) is 0 Å². The second kappa shape index (κ2) is 7.66. The SMILES string of the molecule is O=C(Nc1c2c(cc3c1CCC3)CCC2)O[C@H](Cn1cc(C(F)(F)F)cn1)C(=O)O. The third-order valence-electron chi connectivity index (χ3n) is 5.54. The van der Waals surface area contributed by atoms with Crippen LogP contribution >= 0.6 is 0 Å². The summed E-state index contributed by atoms with van der Waals surface area (Å²) in [6, 6.07) is 2.19. The number of carboxylic acid groups (broad SMARTS) is 1. The van der Waals surface area contributed by atoms with Gasteiger partial charge in [0, 0.05) is 6.20 Å². The quantitative estimate of drug-likeness (QED) is 0.767. The highest BCUT2D eigenvalue weighted by molar-refractivity contribution is 5.90. The van der Waals surface area contributed by atoms with E-state index in [1.165, 1.54) is 11.1 Å². The molecule has 1 atom stereocenters. The topological polar surface area (TPSA) is 93.5 Å². The number of ether oxygens (including phenoxy) is 1. The van der Waals surface area contributed by atoms with Crippen LogP contribution in [0.2, 0.25) is 0 Å². The van der Waals surface area contributed by atoms with Crippen molar-refractivity contribution < 1.29 is 32.6 Å². The number of hydrogen-bond acceptors (Lipinski definition) is 4. The van der Waals surface area contributed by atoms with Crippen molar-refractivity contribution in [3.63, 3.8) is 0 Å². The van der Waals surface area contributed by atoms with Crippen molar-refractivity contribution in [2.45, 2.75) is 57.3 Å². The molecule has 2 aromatic rings. The van der Waals surface area contributed by atoms with Gasteiger partial charge in [-0.25, -0.2) is 9.59 Å². The zero-order valence-electron chi connectivity index (χ0n) is 16.0. The van der Waals surface area contributed by atoms with Crippen LogP contribution in [-0.2, 0) is 47.9 Å². The monoisotopic (exact) mass is 423 g/mol. The predicted molar refractivity (Wildman–Crippen MR) is 99.2 cm³/mol. The number of aromatic nitrogens is 2. The third-order valence-corrected chi connectivity index (χ3v) is 5.54. The van der Waals surface area contributed by atoms with Gasteiger partial charge < -0.3 is 9.84 Å². The summed E-state index contributed by atoms with van der Waals surface area (Å²) in [4.78, 5) is 24.0. The maximum atomic E-state index is 12.7. The van der Waals surface area contributed by atoms with E-state index >= 15 is 0 Å². The highest BCUT2D eigenvalue weighted by atomic mass is 19.4. The molecule has 160 valence electrons. The number of carboxylic acids is 1. The molecule has 2 aliphatic carbocycles. The maximum Gasteiger partial charge on any atom is 0.419 e. The summed E-state index contributed by atoms with van der Waals surface area (Å²) < 4.78 is 43.9. The third kappa shape index (κ3) is 3.99. The fourth-order valence-corrected chi connectivity index (χ4v) is 4.17. The number of carbonyl (C=O) groups is 2. The number of anilines is 1. The van der Waals surface area contributed by atoms with Gasteiger partial charge in [-0.15, -0.1) is 0 Å². The van der Waals surface area contributed by atoms with Gasteiger partial charge in [-0.1, -0.05) is 6.07 Å². The Hall–Kier alpha value is -3.04. The second-order valence-corrected chi connectivity index (χ2v) is 7.54. The van der Waals surface area contributed by atoms with Crippen molar-refractivity contribution in [2.75, 3.05) is 5.32 Å². The molecule has 2 aliphatic rings. The smallest absolute Gasteiger partial charge is 0.419 e. The number of halogens is 3. The van der Waals surface area contributed by atoms with E-state index in [0.717, 1.165) is 54.3 Å². The number of benzene rings is 1. The number of hydrogen-bond donors (Lipinski definition) is 2. The molecule has 0 saturated carbocycles. The zero-order chi connectivity index (χ0) is 21.5. The minimum Gasteiger partial charge on any atom is -0.478 e. The fraction of sp³-hybridized carbons (Fsp3) is 0.450. The lowest BCUT2D eigenvalue weighted by Crippen LogP contribution is -2.33. The molecule has 2 N–H and O–H groups in total. The second-order valence-electron chi connectivity index (χ2n) is 7.54. The van der Waals surface area contributed by atoms with E-state index < -0.39 is 36.5 Å². The molecule has 7 nitrogen and oxygen atoms in total. The van der Waals surface area contributed by atoms with Crippen molar-refractivity contribution in [1.82, 2.24) is 9.78 Å². The molecule has 30 heavy (non-hydrogen) atoms. The lowest BCUT2D eigenvalue weighted by molar-refractivity contribution is -0.147. The number of alkyl halides is 3. The lowest BCUT2D eigenvalue weighted by Gasteiger charge is -2.18. The van der Waals surface area contributed by atoms with E-state index in [4.69, 9.17) is 4.74 Å². The Bertz CT molecular complexity index is 968. The number of aliphatic carboxylic acids is 1. The Morgan fingerprint density at radius 2 is 1.80 bits per heavy atom. The van der Waals surface area contributed by atoms with Crippen molar-refractivity contribution >= 4 is 17.7 Å².